The molecule has 0 aromatic carbocycles. The molecule has 1 aromatic rings. The van der Waals surface area contributed by atoms with Crippen LogP contribution in [-0.4, -0.2) is 45.9 Å². The van der Waals surface area contributed by atoms with Gasteiger partial charge in [0.15, 0.2) is 11.5 Å². The summed E-state index contributed by atoms with van der Waals surface area (Å²) < 4.78 is 5.54. The lowest BCUT2D eigenvalue weighted by Crippen LogP contribution is -2.33. The van der Waals surface area contributed by atoms with Gasteiger partial charge in [0.1, 0.15) is 0 Å². The van der Waals surface area contributed by atoms with E-state index in [0.29, 0.717) is 19.6 Å². The Hall–Kier alpha value is -2.21. The van der Waals surface area contributed by atoms with Crippen molar-refractivity contribution < 1.29 is 19.4 Å². The van der Waals surface area contributed by atoms with Crippen LogP contribution in [0.2, 0.25) is 0 Å². The Morgan fingerprint density at radius 2 is 2.08 bits per heavy atom. The van der Waals surface area contributed by atoms with E-state index in [1.807, 2.05) is 33.8 Å². The zero-order valence-corrected chi connectivity index (χ0v) is 15.9. The minimum absolute atomic E-state index is 0.119. The maximum atomic E-state index is 12.7. The second-order valence-electron chi connectivity index (χ2n) is 7.24. The number of amides is 1. The summed E-state index contributed by atoms with van der Waals surface area (Å²) in [7, 11) is 0. The first-order valence-corrected chi connectivity index (χ1v) is 9.11. The van der Waals surface area contributed by atoms with Gasteiger partial charge in [-0.1, -0.05) is 19.9 Å². The highest BCUT2D eigenvalue weighted by atomic mass is 16.5. The molecular formula is C20H28N2O4. The number of ether oxygens (including phenoxy) is 1. The van der Waals surface area contributed by atoms with E-state index >= 15 is 0 Å². The number of Topliss-reactive ketones (excluding diaryl/α,β-unsaturated/α-hetero) is 1. The van der Waals surface area contributed by atoms with E-state index in [4.69, 9.17) is 4.74 Å². The molecule has 1 aliphatic rings. The molecule has 142 valence electrons. The molecule has 6 heteroatoms. The summed E-state index contributed by atoms with van der Waals surface area (Å²) >= 11 is 0. The van der Waals surface area contributed by atoms with E-state index in [9.17, 15) is 14.7 Å². The van der Waals surface area contributed by atoms with Crippen LogP contribution in [0.3, 0.4) is 0 Å². The van der Waals surface area contributed by atoms with Gasteiger partial charge < -0.3 is 14.7 Å². The summed E-state index contributed by atoms with van der Waals surface area (Å²) in [5.41, 5.74) is 0.906. The molecule has 0 radical (unpaired) electrons. The second-order valence-corrected chi connectivity index (χ2v) is 7.24. The molecule has 26 heavy (non-hydrogen) atoms. The molecule has 0 aliphatic carbocycles. The minimum Gasteiger partial charge on any atom is -0.503 e. The normalized spacial score (nSPS) is 17.7. The van der Waals surface area contributed by atoms with Gasteiger partial charge in [-0.2, -0.15) is 0 Å². The van der Waals surface area contributed by atoms with Crippen LogP contribution in [-0.2, 0) is 14.3 Å². The van der Waals surface area contributed by atoms with Crippen molar-refractivity contribution in [2.24, 2.45) is 5.92 Å². The molecular weight excluding hydrogens is 332 g/mol. The third-order valence-corrected chi connectivity index (χ3v) is 4.19. The lowest BCUT2D eigenvalue weighted by atomic mass is 9.93. The fourth-order valence-electron chi connectivity index (χ4n) is 3.09. The first kappa shape index (κ1) is 20.1. The zero-order valence-electron chi connectivity index (χ0n) is 15.9. The van der Waals surface area contributed by atoms with E-state index < -0.39 is 17.7 Å². The van der Waals surface area contributed by atoms with Crippen LogP contribution in [0.1, 0.15) is 52.1 Å². The molecule has 1 N–H and O–H groups in total. The SMILES string of the molecule is CC(C)CC(=O)C1=C(O)C(=O)N(CCCOC(C)C)C1c1cccnc1. The van der Waals surface area contributed by atoms with Gasteiger partial charge in [0, 0.05) is 32.0 Å². The van der Waals surface area contributed by atoms with E-state index in [0.717, 1.165) is 5.56 Å². The topological polar surface area (TPSA) is 79.7 Å². The van der Waals surface area contributed by atoms with Gasteiger partial charge in [0.25, 0.3) is 5.91 Å². The standard InChI is InChI=1S/C20H28N2O4/c1-13(2)11-16(23)17-18(15-7-5-8-21-12-15)22(20(25)19(17)24)9-6-10-26-14(3)4/h5,7-8,12-14,18,24H,6,9-11H2,1-4H3. The first-order chi connectivity index (χ1) is 12.3. The van der Waals surface area contributed by atoms with E-state index in [2.05, 4.69) is 4.98 Å². The summed E-state index contributed by atoms with van der Waals surface area (Å²) in [6.07, 6.45) is 4.30. The summed E-state index contributed by atoms with van der Waals surface area (Å²) in [4.78, 5) is 31.0. The van der Waals surface area contributed by atoms with Gasteiger partial charge in [0.2, 0.25) is 0 Å². The van der Waals surface area contributed by atoms with Crippen LogP contribution < -0.4 is 0 Å². The highest BCUT2D eigenvalue weighted by Crippen LogP contribution is 2.38. The van der Waals surface area contributed by atoms with Crippen LogP contribution in [0.4, 0.5) is 0 Å². The van der Waals surface area contributed by atoms with Gasteiger partial charge in [-0.3, -0.25) is 14.6 Å². The van der Waals surface area contributed by atoms with E-state index in [1.165, 1.54) is 0 Å². The molecule has 0 bridgehead atoms. The van der Waals surface area contributed by atoms with E-state index in [-0.39, 0.29) is 29.8 Å². The maximum Gasteiger partial charge on any atom is 0.290 e. The smallest absolute Gasteiger partial charge is 0.290 e. The Morgan fingerprint density at radius 3 is 2.65 bits per heavy atom. The molecule has 0 saturated carbocycles. The molecule has 1 amide bonds. The van der Waals surface area contributed by atoms with Crippen molar-refractivity contribution in [1.82, 2.24) is 9.88 Å². The van der Waals surface area contributed by atoms with Crippen molar-refractivity contribution in [2.45, 2.75) is 52.7 Å². The third-order valence-electron chi connectivity index (χ3n) is 4.19. The molecule has 1 unspecified atom stereocenters. The Morgan fingerprint density at radius 1 is 1.35 bits per heavy atom. The second kappa shape index (κ2) is 8.94. The fourth-order valence-corrected chi connectivity index (χ4v) is 3.09. The Bertz CT molecular complexity index is 668. The summed E-state index contributed by atoms with van der Waals surface area (Å²) in [5, 5.41) is 10.4. The van der Waals surface area contributed by atoms with Crippen molar-refractivity contribution in [1.29, 1.82) is 0 Å². The lowest BCUT2D eigenvalue weighted by molar-refractivity contribution is -0.129. The van der Waals surface area contributed by atoms with Crippen LogP contribution in [0, 0.1) is 5.92 Å². The molecule has 2 heterocycles. The fraction of sp³-hybridized carbons (Fsp3) is 0.550. The third kappa shape index (κ3) is 4.69. The first-order valence-electron chi connectivity index (χ1n) is 9.11. The number of aliphatic hydroxyl groups excluding tert-OH is 1. The number of rotatable bonds is 9. The Kier molecular flexibility index (Phi) is 6.91. The Balaban J connectivity index is 2.28. The highest BCUT2D eigenvalue weighted by molar-refractivity contribution is 6.08. The highest BCUT2D eigenvalue weighted by Gasteiger charge is 2.43. The molecule has 0 spiro atoms. The largest absolute Gasteiger partial charge is 0.503 e. The quantitative estimate of drug-likeness (QED) is 0.684. The number of nitrogens with zero attached hydrogens (tertiary/aromatic N) is 2. The van der Waals surface area contributed by atoms with Crippen LogP contribution in [0.5, 0.6) is 0 Å². The Labute approximate surface area is 154 Å². The van der Waals surface area contributed by atoms with Gasteiger partial charge >= 0.3 is 0 Å². The van der Waals surface area contributed by atoms with Crippen LogP contribution in [0.25, 0.3) is 0 Å². The molecule has 0 saturated heterocycles. The van der Waals surface area contributed by atoms with Gasteiger partial charge in [-0.25, -0.2) is 0 Å². The summed E-state index contributed by atoms with van der Waals surface area (Å²) in [6, 6.07) is 2.99. The number of carbonyl (C=O) groups is 2. The predicted molar refractivity (Wildman–Crippen MR) is 98.5 cm³/mol. The lowest BCUT2D eigenvalue weighted by Gasteiger charge is -2.27. The number of aliphatic hydroxyl groups is 1. The number of hydrogen-bond donors (Lipinski definition) is 1. The van der Waals surface area contributed by atoms with Crippen molar-refractivity contribution >= 4 is 11.7 Å². The monoisotopic (exact) mass is 360 g/mol. The van der Waals surface area contributed by atoms with E-state index in [1.54, 1.807) is 23.4 Å². The summed E-state index contributed by atoms with van der Waals surface area (Å²) in [6.45, 7) is 8.69. The average molecular weight is 360 g/mol. The van der Waals surface area contributed by atoms with Crippen molar-refractivity contribution in [2.75, 3.05) is 13.2 Å². The van der Waals surface area contributed by atoms with Crippen molar-refractivity contribution in [3.63, 3.8) is 0 Å². The molecule has 6 nitrogen and oxygen atoms in total. The molecule has 1 aromatic heterocycles. The molecule has 0 fully saturated rings. The predicted octanol–water partition coefficient (Wildman–Crippen LogP) is 3.21. The van der Waals surface area contributed by atoms with Crippen molar-refractivity contribution in [3.8, 4) is 0 Å². The van der Waals surface area contributed by atoms with Gasteiger partial charge in [-0.15, -0.1) is 0 Å². The van der Waals surface area contributed by atoms with Gasteiger partial charge in [0.05, 0.1) is 17.7 Å². The number of carbonyl (C=O) groups excluding carboxylic acids is 2. The van der Waals surface area contributed by atoms with Gasteiger partial charge in [-0.05, 0) is 37.8 Å². The van der Waals surface area contributed by atoms with Crippen LogP contribution >= 0.6 is 0 Å². The summed E-state index contributed by atoms with van der Waals surface area (Å²) in [5.74, 6) is -0.994. The number of ketones is 1. The number of aromatic nitrogens is 1. The molecule has 1 atom stereocenters. The maximum absolute atomic E-state index is 12.7. The zero-order chi connectivity index (χ0) is 19.3. The number of pyridine rings is 1. The molecule has 1 aliphatic heterocycles. The molecule has 2 rings (SSSR count). The minimum atomic E-state index is -0.596. The van der Waals surface area contributed by atoms with Crippen molar-refractivity contribution in [3.05, 3.63) is 41.4 Å². The average Bonchev–Trinajstić information content (AvgIpc) is 2.83. The number of hydrogen-bond acceptors (Lipinski definition) is 5. The van der Waals surface area contributed by atoms with Crippen LogP contribution in [0.15, 0.2) is 35.9 Å².